The first-order chi connectivity index (χ1) is 21.4. The van der Waals surface area contributed by atoms with Crippen LogP contribution in [0.1, 0.15) is 74.4 Å². The van der Waals surface area contributed by atoms with E-state index < -0.39 is 95.7 Å². The summed E-state index contributed by atoms with van der Waals surface area (Å²) in [6, 6.07) is 12.9. The minimum Gasteiger partial charge on any atom is -0.507 e. The van der Waals surface area contributed by atoms with Crippen molar-refractivity contribution in [3.63, 3.8) is 0 Å². The predicted octanol–water partition coefficient (Wildman–Crippen LogP) is 1.57. The van der Waals surface area contributed by atoms with Crippen LogP contribution in [0.2, 0.25) is 0 Å². The average Bonchev–Trinajstić information content (AvgIpc) is 3.02. The number of hydrogen-bond acceptors (Lipinski definition) is 12. The highest BCUT2D eigenvalue weighted by molar-refractivity contribution is 6.31. The second-order valence-electron chi connectivity index (χ2n) is 11.7. The minimum atomic E-state index is -2.26. The summed E-state index contributed by atoms with van der Waals surface area (Å²) in [5, 5.41) is 54.4. The third kappa shape index (κ3) is 5.19. The SMILES string of the molecule is CC1OC(O[C@H]2C[C@](O)(C(=O)CO)Cc3c(O)c4c(c(O)c32)C(=O)c2c(OCc3ccccc3)cccc2C4=O)CC(N)C1O. The van der Waals surface area contributed by atoms with Crippen molar-refractivity contribution in [3.05, 3.63) is 87.5 Å². The molecule has 1 aliphatic heterocycles. The third-order valence-corrected chi connectivity index (χ3v) is 8.82. The van der Waals surface area contributed by atoms with Crippen molar-refractivity contribution in [2.24, 2.45) is 5.73 Å². The minimum absolute atomic E-state index is 0.00824. The van der Waals surface area contributed by atoms with E-state index in [0.717, 1.165) is 5.56 Å². The molecule has 12 heteroatoms. The van der Waals surface area contributed by atoms with Crippen molar-refractivity contribution < 1.29 is 54.1 Å². The number of nitrogens with two attached hydrogens (primary N) is 1. The summed E-state index contributed by atoms with van der Waals surface area (Å²) in [4.78, 5) is 40.7. The summed E-state index contributed by atoms with van der Waals surface area (Å²) in [5.41, 5.74) is 3.18. The zero-order chi connectivity index (χ0) is 32.2. The Labute approximate surface area is 257 Å². The Kier molecular flexibility index (Phi) is 7.98. The molecule has 6 rings (SSSR count). The molecule has 3 aromatic rings. The monoisotopic (exact) mass is 619 g/mol. The van der Waals surface area contributed by atoms with E-state index in [1.807, 2.05) is 30.3 Å². The number of phenolic OH excluding ortho intramolecular Hbond substituents is 2. The molecular formula is C33H33NO11. The summed E-state index contributed by atoms with van der Waals surface area (Å²) in [6.45, 7) is 0.650. The molecule has 1 saturated heterocycles. The lowest BCUT2D eigenvalue weighted by molar-refractivity contribution is -0.247. The van der Waals surface area contributed by atoms with Gasteiger partial charge in [-0.05, 0) is 18.6 Å². The molecule has 6 atom stereocenters. The van der Waals surface area contributed by atoms with Crippen LogP contribution in [0.3, 0.4) is 0 Å². The number of ketones is 3. The summed E-state index contributed by atoms with van der Waals surface area (Å²) < 4.78 is 17.8. The van der Waals surface area contributed by atoms with Crippen molar-refractivity contribution in [1.29, 1.82) is 0 Å². The van der Waals surface area contributed by atoms with Gasteiger partial charge in [0, 0.05) is 42.0 Å². The van der Waals surface area contributed by atoms with Gasteiger partial charge in [-0.2, -0.15) is 0 Å². The number of rotatable bonds is 7. The number of Topliss-reactive ketones (excluding diaryl/α,β-unsaturated/α-hetero) is 1. The average molecular weight is 620 g/mol. The number of aromatic hydroxyl groups is 2. The highest BCUT2D eigenvalue weighted by Gasteiger charge is 2.50. The molecule has 0 spiro atoms. The summed E-state index contributed by atoms with van der Waals surface area (Å²) in [5.74, 6) is -3.81. The first kappa shape index (κ1) is 30.8. The topological polar surface area (TPSA) is 206 Å². The summed E-state index contributed by atoms with van der Waals surface area (Å²) >= 11 is 0. The van der Waals surface area contributed by atoms with E-state index in [-0.39, 0.29) is 41.0 Å². The Bertz CT molecular complexity index is 1680. The first-order valence-electron chi connectivity index (χ1n) is 14.6. The van der Waals surface area contributed by atoms with Gasteiger partial charge in [0.15, 0.2) is 17.9 Å². The maximum Gasteiger partial charge on any atom is 0.202 e. The van der Waals surface area contributed by atoms with Gasteiger partial charge in [0.2, 0.25) is 5.78 Å². The molecule has 0 saturated carbocycles. The zero-order valence-corrected chi connectivity index (χ0v) is 24.3. The van der Waals surface area contributed by atoms with Crippen LogP contribution in [-0.2, 0) is 27.3 Å². The molecule has 1 heterocycles. The molecule has 7 N–H and O–H groups in total. The molecule has 3 aliphatic rings. The first-order valence-corrected chi connectivity index (χ1v) is 14.6. The Balaban J connectivity index is 1.45. The predicted molar refractivity (Wildman–Crippen MR) is 156 cm³/mol. The lowest BCUT2D eigenvalue weighted by atomic mass is 9.72. The second-order valence-corrected chi connectivity index (χ2v) is 11.7. The number of carbonyl (C=O) groups excluding carboxylic acids is 3. The molecule has 0 radical (unpaired) electrons. The lowest BCUT2D eigenvalue weighted by Crippen LogP contribution is -2.53. The van der Waals surface area contributed by atoms with Crippen LogP contribution in [0.4, 0.5) is 0 Å². The van der Waals surface area contributed by atoms with Crippen molar-refractivity contribution >= 4 is 17.3 Å². The van der Waals surface area contributed by atoms with Crippen LogP contribution >= 0.6 is 0 Å². The number of carbonyl (C=O) groups is 3. The Hall–Kier alpha value is -4.17. The number of fused-ring (bicyclic) bond motifs is 3. The highest BCUT2D eigenvalue weighted by Crippen LogP contribution is 2.52. The van der Waals surface area contributed by atoms with Gasteiger partial charge in [0.1, 0.15) is 36.1 Å². The quantitative estimate of drug-likeness (QED) is 0.163. The van der Waals surface area contributed by atoms with Crippen molar-refractivity contribution in [2.45, 2.75) is 69.0 Å². The molecular weight excluding hydrogens is 586 g/mol. The van der Waals surface area contributed by atoms with Gasteiger partial charge in [0.05, 0.1) is 35.0 Å². The molecule has 2 aliphatic carbocycles. The maximum atomic E-state index is 14.1. The second kappa shape index (κ2) is 11.6. The number of hydrogen-bond donors (Lipinski definition) is 6. The standard InChI is InChI=1S/C33H33NO11/c1-15-28(37)19(34)10-23(44-15)45-21-12-33(42,22(36)13-35)11-18-25(21)32(41)27-26(30(18)39)29(38)17-8-5-9-20(24(17)31(27)40)43-14-16-6-3-2-4-7-16/h2-9,15,19,21,23,28,35,37,39,41-42H,10-14,34H2,1H3/t15?,19?,21-,23?,28?,33-/m0/s1. The fourth-order valence-corrected chi connectivity index (χ4v) is 6.44. The van der Waals surface area contributed by atoms with Gasteiger partial charge in [-0.3, -0.25) is 14.4 Å². The molecule has 3 aromatic carbocycles. The van der Waals surface area contributed by atoms with Gasteiger partial charge in [0.25, 0.3) is 0 Å². The van der Waals surface area contributed by atoms with Gasteiger partial charge in [-0.1, -0.05) is 42.5 Å². The Morgan fingerprint density at radius 3 is 2.42 bits per heavy atom. The van der Waals surface area contributed by atoms with Crippen LogP contribution in [0.5, 0.6) is 17.2 Å². The largest absolute Gasteiger partial charge is 0.507 e. The van der Waals surface area contributed by atoms with Gasteiger partial charge in [-0.15, -0.1) is 0 Å². The van der Waals surface area contributed by atoms with E-state index in [4.69, 9.17) is 19.9 Å². The summed E-state index contributed by atoms with van der Waals surface area (Å²) in [7, 11) is 0. The van der Waals surface area contributed by atoms with Gasteiger partial charge < -0.3 is 45.5 Å². The van der Waals surface area contributed by atoms with E-state index in [2.05, 4.69) is 0 Å². The Morgan fingerprint density at radius 2 is 1.73 bits per heavy atom. The molecule has 0 amide bonds. The van der Waals surface area contributed by atoms with E-state index in [1.54, 1.807) is 6.92 Å². The molecule has 0 bridgehead atoms. The van der Waals surface area contributed by atoms with Crippen LogP contribution < -0.4 is 10.5 Å². The summed E-state index contributed by atoms with van der Waals surface area (Å²) in [6.07, 6.45) is -5.22. The van der Waals surface area contributed by atoms with Crippen LogP contribution in [0, 0.1) is 0 Å². The molecule has 45 heavy (non-hydrogen) atoms. The molecule has 12 nitrogen and oxygen atoms in total. The molecule has 4 unspecified atom stereocenters. The maximum absolute atomic E-state index is 14.1. The van der Waals surface area contributed by atoms with Gasteiger partial charge in [-0.25, -0.2) is 0 Å². The van der Waals surface area contributed by atoms with E-state index >= 15 is 0 Å². The molecule has 0 aromatic heterocycles. The van der Waals surface area contributed by atoms with Crippen LogP contribution in [0.25, 0.3) is 0 Å². The third-order valence-electron chi connectivity index (χ3n) is 8.82. The zero-order valence-electron chi connectivity index (χ0n) is 24.3. The highest BCUT2D eigenvalue weighted by atomic mass is 16.7. The smallest absolute Gasteiger partial charge is 0.202 e. The van der Waals surface area contributed by atoms with Crippen molar-refractivity contribution in [2.75, 3.05) is 6.61 Å². The molecule has 1 fully saturated rings. The Morgan fingerprint density at radius 1 is 1.02 bits per heavy atom. The number of aliphatic hydroxyl groups is 3. The van der Waals surface area contributed by atoms with E-state index in [1.165, 1.54) is 18.2 Å². The van der Waals surface area contributed by atoms with E-state index in [0.29, 0.717) is 0 Å². The van der Waals surface area contributed by atoms with Crippen LogP contribution in [0.15, 0.2) is 48.5 Å². The van der Waals surface area contributed by atoms with Gasteiger partial charge >= 0.3 is 0 Å². The number of aliphatic hydroxyl groups excluding tert-OH is 2. The lowest BCUT2D eigenvalue weighted by Gasteiger charge is -2.42. The molecule has 236 valence electrons. The number of ether oxygens (including phenoxy) is 3. The number of benzene rings is 3. The number of phenols is 2. The van der Waals surface area contributed by atoms with Crippen molar-refractivity contribution in [1.82, 2.24) is 0 Å². The van der Waals surface area contributed by atoms with Crippen LogP contribution in [-0.4, -0.2) is 79.6 Å². The van der Waals surface area contributed by atoms with Crippen molar-refractivity contribution in [3.8, 4) is 17.2 Å². The fraction of sp³-hybridized carbons (Fsp3) is 0.364. The normalized spacial score (nSPS) is 27.4. The fourth-order valence-electron chi connectivity index (χ4n) is 6.44. The van der Waals surface area contributed by atoms with E-state index in [9.17, 15) is 39.9 Å².